The van der Waals surface area contributed by atoms with Crippen molar-refractivity contribution < 1.29 is 4.74 Å². The van der Waals surface area contributed by atoms with E-state index in [1.54, 1.807) is 7.11 Å². The quantitative estimate of drug-likeness (QED) is 0.686. The van der Waals surface area contributed by atoms with Crippen LogP contribution >= 0.6 is 0 Å². The molecule has 1 saturated heterocycles. The van der Waals surface area contributed by atoms with Gasteiger partial charge >= 0.3 is 0 Å². The van der Waals surface area contributed by atoms with Crippen molar-refractivity contribution >= 4 is 0 Å². The lowest BCUT2D eigenvalue weighted by Gasteiger charge is -2.32. The van der Waals surface area contributed by atoms with Crippen LogP contribution in [-0.4, -0.2) is 50.3 Å². The molecule has 1 aliphatic heterocycles. The molecule has 0 radical (unpaired) electrons. The molecule has 1 heterocycles. The van der Waals surface area contributed by atoms with E-state index in [0.717, 1.165) is 6.61 Å². The van der Waals surface area contributed by atoms with Gasteiger partial charge in [-0.05, 0) is 38.8 Å². The molecule has 0 aromatic heterocycles. The molecule has 0 spiro atoms. The van der Waals surface area contributed by atoms with Crippen LogP contribution in [-0.2, 0) is 4.74 Å². The van der Waals surface area contributed by atoms with Crippen molar-refractivity contribution in [2.45, 2.75) is 51.6 Å². The lowest BCUT2D eigenvalue weighted by atomic mass is 10.1. The van der Waals surface area contributed by atoms with Crippen LogP contribution in [0.25, 0.3) is 0 Å². The topological polar surface area (TPSA) is 24.5 Å². The van der Waals surface area contributed by atoms with Crippen LogP contribution in [0.4, 0.5) is 0 Å². The van der Waals surface area contributed by atoms with Crippen molar-refractivity contribution in [3.8, 4) is 0 Å². The molecule has 16 heavy (non-hydrogen) atoms. The van der Waals surface area contributed by atoms with Gasteiger partial charge in [0.15, 0.2) is 0 Å². The molecule has 3 heteroatoms. The Morgan fingerprint density at radius 2 is 2.25 bits per heavy atom. The van der Waals surface area contributed by atoms with Crippen LogP contribution in [0.15, 0.2) is 0 Å². The summed E-state index contributed by atoms with van der Waals surface area (Å²) in [5, 5.41) is 3.58. The number of nitrogens with zero attached hydrogens (tertiary/aromatic N) is 1. The van der Waals surface area contributed by atoms with Crippen molar-refractivity contribution in [1.29, 1.82) is 0 Å². The molecule has 0 amide bonds. The van der Waals surface area contributed by atoms with E-state index < -0.39 is 0 Å². The lowest BCUT2D eigenvalue weighted by molar-refractivity contribution is 0.0818. The van der Waals surface area contributed by atoms with Crippen molar-refractivity contribution in [1.82, 2.24) is 10.2 Å². The number of methoxy groups -OCH3 is 1. The van der Waals surface area contributed by atoms with Gasteiger partial charge in [-0.15, -0.1) is 0 Å². The minimum absolute atomic E-state index is 0.590. The van der Waals surface area contributed by atoms with Crippen LogP contribution in [0.3, 0.4) is 0 Å². The number of hydrogen-bond donors (Lipinski definition) is 1. The van der Waals surface area contributed by atoms with Crippen LogP contribution in [0, 0.1) is 0 Å². The van der Waals surface area contributed by atoms with Gasteiger partial charge in [-0.25, -0.2) is 0 Å². The van der Waals surface area contributed by atoms with E-state index in [-0.39, 0.29) is 0 Å². The van der Waals surface area contributed by atoms with E-state index >= 15 is 0 Å². The molecular formula is C13H28N2O. The third-order valence-electron chi connectivity index (χ3n) is 3.47. The third kappa shape index (κ3) is 4.40. The normalized spacial score (nSPS) is 22.9. The van der Waals surface area contributed by atoms with E-state index in [4.69, 9.17) is 4.74 Å². The van der Waals surface area contributed by atoms with Gasteiger partial charge in [0, 0.05) is 25.7 Å². The van der Waals surface area contributed by atoms with Gasteiger partial charge in [0.2, 0.25) is 0 Å². The fourth-order valence-electron chi connectivity index (χ4n) is 2.58. The number of hydrogen-bond acceptors (Lipinski definition) is 3. The number of nitrogens with one attached hydrogen (secondary N) is 1. The SMILES string of the molecule is CCCN(CC1CCCN1)C(CC)COC. The fraction of sp³-hybridized carbons (Fsp3) is 1.00. The molecule has 1 rings (SSSR count). The second-order valence-electron chi connectivity index (χ2n) is 4.81. The molecule has 1 fully saturated rings. The molecule has 2 unspecified atom stereocenters. The summed E-state index contributed by atoms with van der Waals surface area (Å²) >= 11 is 0. The highest BCUT2D eigenvalue weighted by atomic mass is 16.5. The van der Waals surface area contributed by atoms with E-state index in [9.17, 15) is 0 Å². The van der Waals surface area contributed by atoms with Gasteiger partial charge in [0.25, 0.3) is 0 Å². The molecule has 96 valence electrons. The first-order valence-corrected chi connectivity index (χ1v) is 6.78. The maximum atomic E-state index is 5.32. The third-order valence-corrected chi connectivity index (χ3v) is 3.47. The summed E-state index contributed by atoms with van der Waals surface area (Å²) < 4.78 is 5.32. The molecule has 1 aliphatic rings. The van der Waals surface area contributed by atoms with Crippen LogP contribution in [0.1, 0.15) is 39.5 Å². The second kappa shape index (κ2) is 8.04. The standard InChI is InChI=1S/C13H28N2O/c1-4-9-15(13(5-2)11-16-3)10-12-7-6-8-14-12/h12-14H,4-11H2,1-3H3. The molecule has 0 aliphatic carbocycles. The number of ether oxygens (including phenoxy) is 1. The summed E-state index contributed by atoms with van der Waals surface area (Å²) in [4.78, 5) is 2.60. The Labute approximate surface area is 101 Å². The zero-order valence-corrected chi connectivity index (χ0v) is 11.2. The first-order valence-electron chi connectivity index (χ1n) is 6.78. The molecule has 1 N–H and O–H groups in total. The molecule has 0 aromatic rings. The van der Waals surface area contributed by atoms with E-state index in [0.29, 0.717) is 12.1 Å². The van der Waals surface area contributed by atoms with Crippen LogP contribution in [0.2, 0.25) is 0 Å². The average Bonchev–Trinajstić information content (AvgIpc) is 2.78. The zero-order chi connectivity index (χ0) is 11.8. The highest BCUT2D eigenvalue weighted by molar-refractivity contribution is 4.81. The van der Waals surface area contributed by atoms with E-state index in [1.165, 1.54) is 45.3 Å². The first-order chi connectivity index (χ1) is 7.81. The highest BCUT2D eigenvalue weighted by Crippen LogP contribution is 2.12. The minimum atomic E-state index is 0.590. The van der Waals surface area contributed by atoms with Crippen molar-refractivity contribution in [3.05, 3.63) is 0 Å². The van der Waals surface area contributed by atoms with Crippen molar-refractivity contribution in [2.75, 3.05) is 33.4 Å². The maximum Gasteiger partial charge on any atom is 0.0617 e. The Morgan fingerprint density at radius 3 is 2.75 bits per heavy atom. The maximum absolute atomic E-state index is 5.32. The van der Waals surface area contributed by atoms with Gasteiger partial charge < -0.3 is 10.1 Å². The van der Waals surface area contributed by atoms with E-state index in [2.05, 4.69) is 24.1 Å². The number of rotatable bonds is 8. The Morgan fingerprint density at radius 1 is 1.44 bits per heavy atom. The lowest BCUT2D eigenvalue weighted by Crippen LogP contribution is -2.45. The summed E-state index contributed by atoms with van der Waals surface area (Å²) in [7, 11) is 1.81. The summed E-state index contributed by atoms with van der Waals surface area (Å²) in [6.45, 7) is 8.97. The Balaban J connectivity index is 2.42. The molecular weight excluding hydrogens is 200 g/mol. The highest BCUT2D eigenvalue weighted by Gasteiger charge is 2.22. The van der Waals surface area contributed by atoms with Crippen molar-refractivity contribution in [3.63, 3.8) is 0 Å². The molecule has 0 saturated carbocycles. The Kier molecular flexibility index (Phi) is 7.01. The average molecular weight is 228 g/mol. The predicted octanol–water partition coefficient (Wildman–Crippen LogP) is 1.88. The van der Waals surface area contributed by atoms with Crippen LogP contribution < -0.4 is 5.32 Å². The summed E-state index contributed by atoms with van der Waals surface area (Å²) in [6.07, 6.45) is 5.09. The van der Waals surface area contributed by atoms with Gasteiger partial charge in [-0.3, -0.25) is 4.90 Å². The predicted molar refractivity (Wildman–Crippen MR) is 68.8 cm³/mol. The first kappa shape index (κ1) is 13.9. The Bertz CT molecular complexity index is 169. The monoisotopic (exact) mass is 228 g/mol. The molecule has 0 bridgehead atoms. The van der Waals surface area contributed by atoms with Gasteiger partial charge in [0.05, 0.1) is 6.61 Å². The molecule has 0 aromatic carbocycles. The van der Waals surface area contributed by atoms with Gasteiger partial charge in [-0.1, -0.05) is 13.8 Å². The van der Waals surface area contributed by atoms with Gasteiger partial charge in [0.1, 0.15) is 0 Å². The molecule has 2 atom stereocenters. The van der Waals surface area contributed by atoms with Crippen LogP contribution in [0.5, 0.6) is 0 Å². The Hall–Kier alpha value is -0.120. The largest absolute Gasteiger partial charge is 0.383 e. The zero-order valence-electron chi connectivity index (χ0n) is 11.2. The smallest absolute Gasteiger partial charge is 0.0617 e. The van der Waals surface area contributed by atoms with Crippen molar-refractivity contribution in [2.24, 2.45) is 0 Å². The summed E-state index contributed by atoms with van der Waals surface area (Å²) in [6, 6.07) is 1.30. The fourth-order valence-corrected chi connectivity index (χ4v) is 2.58. The molecule has 3 nitrogen and oxygen atoms in total. The summed E-state index contributed by atoms with van der Waals surface area (Å²) in [5.41, 5.74) is 0. The second-order valence-corrected chi connectivity index (χ2v) is 4.81. The minimum Gasteiger partial charge on any atom is -0.383 e. The van der Waals surface area contributed by atoms with Gasteiger partial charge in [-0.2, -0.15) is 0 Å². The summed E-state index contributed by atoms with van der Waals surface area (Å²) in [5.74, 6) is 0. The van der Waals surface area contributed by atoms with E-state index in [1.807, 2.05) is 0 Å².